The van der Waals surface area contributed by atoms with Crippen LogP contribution < -0.4 is 5.73 Å². The zero-order valence-corrected chi connectivity index (χ0v) is 8.15. The summed E-state index contributed by atoms with van der Waals surface area (Å²) < 4.78 is 10.8. The maximum absolute atomic E-state index is 5.63. The molecular formula is C10H12N2O2. The van der Waals surface area contributed by atoms with Gasteiger partial charge < -0.3 is 15.2 Å². The lowest BCUT2D eigenvalue weighted by Gasteiger charge is -2.17. The first-order chi connectivity index (χ1) is 6.57. The van der Waals surface area contributed by atoms with Crippen LogP contribution in [0.4, 0.5) is 5.69 Å². The van der Waals surface area contributed by atoms with Gasteiger partial charge in [-0.15, -0.1) is 0 Å². The van der Waals surface area contributed by atoms with Crippen LogP contribution >= 0.6 is 0 Å². The highest BCUT2D eigenvalue weighted by molar-refractivity contribution is 5.60. The number of aromatic nitrogens is 1. The predicted octanol–water partition coefficient (Wildman–Crippen LogP) is 1.75. The molecule has 0 saturated carbocycles. The molecule has 14 heavy (non-hydrogen) atoms. The molecule has 0 atom stereocenters. The van der Waals surface area contributed by atoms with Crippen LogP contribution in [-0.2, 0) is 9.47 Å². The lowest BCUT2D eigenvalue weighted by Crippen LogP contribution is -2.20. The van der Waals surface area contributed by atoms with Crippen molar-refractivity contribution in [1.29, 1.82) is 0 Å². The SMILES string of the molecule is CC1(C)OC=C(c2cc(N)ccn2)O1. The van der Waals surface area contributed by atoms with E-state index in [1.54, 1.807) is 24.6 Å². The Morgan fingerprint density at radius 3 is 2.79 bits per heavy atom. The topological polar surface area (TPSA) is 57.4 Å². The number of rotatable bonds is 1. The molecule has 0 unspecified atom stereocenters. The third-order valence-corrected chi connectivity index (χ3v) is 1.84. The van der Waals surface area contributed by atoms with Crippen LogP contribution in [-0.4, -0.2) is 10.8 Å². The smallest absolute Gasteiger partial charge is 0.245 e. The van der Waals surface area contributed by atoms with E-state index in [2.05, 4.69) is 4.98 Å². The first-order valence-corrected chi connectivity index (χ1v) is 4.36. The normalized spacial score (nSPS) is 18.3. The molecular weight excluding hydrogens is 180 g/mol. The second-order valence-electron chi connectivity index (χ2n) is 3.58. The van der Waals surface area contributed by atoms with E-state index in [1.165, 1.54) is 0 Å². The molecule has 74 valence electrons. The van der Waals surface area contributed by atoms with Gasteiger partial charge in [0, 0.05) is 25.7 Å². The molecule has 4 nitrogen and oxygen atoms in total. The summed E-state index contributed by atoms with van der Waals surface area (Å²) >= 11 is 0. The number of nitrogens with zero attached hydrogens (tertiary/aromatic N) is 1. The van der Waals surface area contributed by atoms with Crippen LogP contribution in [0.5, 0.6) is 0 Å². The fraction of sp³-hybridized carbons (Fsp3) is 0.300. The van der Waals surface area contributed by atoms with Gasteiger partial charge in [-0.05, 0) is 12.1 Å². The molecule has 2 rings (SSSR count). The molecule has 2 N–H and O–H groups in total. The number of pyridine rings is 1. The van der Waals surface area contributed by atoms with Crippen LogP contribution in [0, 0.1) is 0 Å². The fourth-order valence-corrected chi connectivity index (χ4v) is 1.20. The highest BCUT2D eigenvalue weighted by Crippen LogP contribution is 2.30. The summed E-state index contributed by atoms with van der Waals surface area (Å²) in [6.07, 6.45) is 3.20. The number of hydrogen-bond acceptors (Lipinski definition) is 4. The lowest BCUT2D eigenvalue weighted by molar-refractivity contribution is -0.102. The summed E-state index contributed by atoms with van der Waals surface area (Å²) in [4.78, 5) is 4.13. The van der Waals surface area contributed by atoms with Gasteiger partial charge in [0.15, 0.2) is 5.76 Å². The number of nitrogen functional groups attached to an aromatic ring is 1. The molecule has 0 fully saturated rings. The van der Waals surface area contributed by atoms with E-state index in [9.17, 15) is 0 Å². The van der Waals surface area contributed by atoms with Crippen LogP contribution in [0.1, 0.15) is 19.5 Å². The van der Waals surface area contributed by atoms with Crippen LogP contribution in [0.25, 0.3) is 5.76 Å². The summed E-state index contributed by atoms with van der Waals surface area (Å²) in [6.45, 7) is 3.67. The second-order valence-corrected chi connectivity index (χ2v) is 3.58. The van der Waals surface area contributed by atoms with Gasteiger partial charge in [-0.25, -0.2) is 0 Å². The van der Waals surface area contributed by atoms with Crippen molar-refractivity contribution in [2.75, 3.05) is 5.73 Å². The second kappa shape index (κ2) is 2.90. The van der Waals surface area contributed by atoms with Gasteiger partial charge >= 0.3 is 0 Å². The Labute approximate surface area is 82.3 Å². The zero-order valence-electron chi connectivity index (χ0n) is 8.15. The summed E-state index contributed by atoms with van der Waals surface area (Å²) in [5.41, 5.74) is 6.98. The Kier molecular flexibility index (Phi) is 1.84. The van der Waals surface area contributed by atoms with Crippen LogP contribution in [0.3, 0.4) is 0 Å². The van der Waals surface area contributed by atoms with E-state index >= 15 is 0 Å². The van der Waals surface area contributed by atoms with Crippen molar-refractivity contribution >= 4 is 11.4 Å². The quantitative estimate of drug-likeness (QED) is 0.736. The minimum atomic E-state index is -0.610. The zero-order chi connectivity index (χ0) is 10.2. The Balaban J connectivity index is 2.26. The maximum Gasteiger partial charge on any atom is 0.245 e. The van der Waals surface area contributed by atoms with Gasteiger partial charge in [-0.1, -0.05) is 0 Å². The van der Waals surface area contributed by atoms with E-state index in [4.69, 9.17) is 15.2 Å². The third kappa shape index (κ3) is 1.64. The van der Waals surface area contributed by atoms with Crippen molar-refractivity contribution in [3.05, 3.63) is 30.3 Å². The Morgan fingerprint density at radius 2 is 2.21 bits per heavy atom. The Bertz CT molecular complexity index is 385. The van der Waals surface area contributed by atoms with E-state index in [1.807, 2.05) is 13.8 Å². The van der Waals surface area contributed by atoms with Gasteiger partial charge in [0.25, 0.3) is 0 Å². The molecule has 0 saturated heterocycles. The highest BCUT2D eigenvalue weighted by atomic mass is 16.7. The average Bonchev–Trinajstić information content (AvgIpc) is 2.46. The van der Waals surface area contributed by atoms with Gasteiger partial charge in [-0.3, -0.25) is 4.98 Å². The van der Waals surface area contributed by atoms with Crippen LogP contribution in [0.15, 0.2) is 24.6 Å². The summed E-state index contributed by atoms with van der Waals surface area (Å²) in [5, 5.41) is 0. The van der Waals surface area contributed by atoms with Crippen LogP contribution in [0.2, 0.25) is 0 Å². The van der Waals surface area contributed by atoms with Crippen molar-refractivity contribution in [2.24, 2.45) is 0 Å². The molecule has 0 bridgehead atoms. The van der Waals surface area contributed by atoms with Crippen molar-refractivity contribution in [3.63, 3.8) is 0 Å². The number of ether oxygens (including phenoxy) is 2. The average molecular weight is 192 g/mol. The molecule has 0 aliphatic carbocycles. The number of hydrogen-bond donors (Lipinski definition) is 1. The molecule has 4 heteroatoms. The van der Waals surface area contributed by atoms with E-state index in [0.29, 0.717) is 17.1 Å². The molecule has 1 aliphatic rings. The monoisotopic (exact) mass is 192 g/mol. The van der Waals surface area contributed by atoms with Crippen molar-refractivity contribution in [1.82, 2.24) is 4.98 Å². The van der Waals surface area contributed by atoms with E-state index in [-0.39, 0.29) is 0 Å². The number of nitrogens with two attached hydrogens (primary N) is 1. The standard InChI is InChI=1S/C10H12N2O2/c1-10(2)13-6-9(14-10)8-5-7(11)3-4-12-8/h3-6H,1-2H3,(H2,11,12). The summed E-state index contributed by atoms with van der Waals surface area (Å²) in [5.74, 6) is 0.00373. The van der Waals surface area contributed by atoms with Crippen molar-refractivity contribution in [2.45, 2.75) is 19.6 Å². The van der Waals surface area contributed by atoms with E-state index < -0.39 is 5.79 Å². The first kappa shape index (κ1) is 8.87. The lowest BCUT2D eigenvalue weighted by atomic mass is 10.3. The van der Waals surface area contributed by atoms with Gasteiger partial charge in [-0.2, -0.15) is 0 Å². The Morgan fingerprint density at radius 1 is 1.43 bits per heavy atom. The highest BCUT2D eigenvalue weighted by Gasteiger charge is 2.28. The first-order valence-electron chi connectivity index (χ1n) is 4.36. The van der Waals surface area contributed by atoms with Crippen molar-refractivity contribution in [3.8, 4) is 0 Å². The summed E-state index contributed by atoms with van der Waals surface area (Å²) in [6, 6.07) is 3.47. The minimum Gasteiger partial charge on any atom is -0.457 e. The molecule has 1 aromatic rings. The molecule has 0 amide bonds. The molecule has 1 aromatic heterocycles. The molecule has 1 aliphatic heterocycles. The predicted molar refractivity (Wildman–Crippen MR) is 52.9 cm³/mol. The largest absolute Gasteiger partial charge is 0.457 e. The van der Waals surface area contributed by atoms with Gasteiger partial charge in [0.1, 0.15) is 12.0 Å². The van der Waals surface area contributed by atoms with E-state index in [0.717, 1.165) is 0 Å². The third-order valence-electron chi connectivity index (χ3n) is 1.84. The molecule has 0 aromatic carbocycles. The fourth-order valence-electron chi connectivity index (χ4n) is 1.20. The van der Waals surface area contributed by atoms with Gasteiger partial charge in [0.2, 0.25) is 5.79 Å². The molecule has 2 heterocycles. The maximum atomic E-state index is 5.63. The van der Waals surface area contributed by atoms with Crippen molar-refractivity contribution < 1.29 is 9.47 Å². The minimum absolute atomic E-state index is 0.610. The number of anilines is 1. The Hall–Kier alpha value is -1.71. The molecule has 0 radical (unpaired) electrons. The summed E-state index contributed by atoms with van der Waals surface area (Å²) in [7, 11) is 0. The molecule has 0 spiro atoms. The van der Waals surface area contributed by atoms with Gasteiger partial charge in [0.05, 0.1) is 0 Å².